The molecule has 2 aromatic rings. The molecule has 0 fully saturated rings. The molecule has 0 aliphatic heterocycles. The zero-order valence-electron chi connectivity index (χ0n) is 11.7. The number of hydrogen-bond acceptors (Lipinski definition) is 3. The molecule has 22 heavy (non-hydrogen) atoms. The maximum absolute atomic E-state index is 12.6. The van der Waals surface area contributed by atoms with E-state index < -0.39 is 10.0 Å². The molecule has 0 aliphatic carbocycles. The largest absolute Gasteiger partial charge is 0.495 e. The van der Waals surface area contributed by atoms with Crippen molar-refractivity contribution in [1.29, 1.82) is 0 Å². The van der Waals surface area contributed by atoms with Gasteiger partial charge in [0, 0.05) is 7.05 Å². The van der Waals surface area contributed by atoms with E-state index >= 15 is 0 Å². The second-order valence-corrected chi connectivity index (χ2v) is 7.56. The standard InChI is InChI=1S/C14H12Cl3NO3S/c1-18(9-3-5-11(15)12(16)7-9)22(19,20)10-4-6-14(21-2)13(17)8-10/h3-8H,1-2H3. The quantitative estimate of drug-likeness (QED) is 0.785. The van der Waals surface area contributed by atoms with E-state index in [1.807, 2.05) is 0 Å². The summed E-state index contributed by atoms with van der Waals surface area (Å²) in [5, 5.41) is 0.837. The zero-order valence-corrected chi connectivity index (χ0v) is 14.8. The van der Waals surface area contributed by atoms with Gasteiger partial charge in [0.15, 0.2) is 0 Å². The van der Waals surface area contributed by atoms with Crippen LogP contribution >= 0.6 is 34.8 Å². The van der Waals surface area contributed by atoms with Crippen LogP contribution in [-0.2, 0) is 10.0 Å². The van der Waals surface area contributed by atoms with E-state index in [1.54, 1.807) is 6.07 Å². The highest BCUT2D eigenvalue weighted by Gasteiger charge is 2.23. The smallest absolute Gasteiger partial charge is 0.264 e. The summed E-state index contributed by atoms with van der Waals surface area (Å²) in [7, 11) is -0.898. The molecule has 8 heteroatoms. The molecule has 0 saturated carbocycles. The number of benzene rings is 2. The lowest BCUT2D eigenvalue weighted by Crippen LogP contribution is -2.26. The van der Waals surface area contributed by atoms with E-state index in [-0.39, 0.29) is 14.9 Å². The molecule has 4 nitrogen and oxygen atoms in total. The van der Waals surface area contributed by atoms with E-state index in [4.69, 9.17) is 39.5 Å². The van der Waals surface area contributed by atoms with Gasteiger partial charge >= 0.3 is 0 Å². The second kappa shape index (κ2) is 6.54. The van der Waals surface area contributed by atoms with Crippen LogP contribution < -0.4 is 9.04 Å². The molecule has 0 unspecified atom stereocenters. The SMILES string of the molecule is COc1ccc(S(=O)(=O)N(C)c2ccc(Cl)c(Cl)c2)cc1Cl. The van der Waals surface area contributed by atoms with E-state index in [9.17, 15) is 8.42 Å². The lowest BCUT2D eigenvalue weighted by Gasteiger charge is -2.20. The molecule has 118 valence electrons. The third-order valence-corrected chi connectivity index (χ3v) is 5.86. The third-order valence-electron chi connectivity index (χ3n) is 3.05. The fourth-order valence-corrected chi connectivity index (χ4v) is 3.61. The lowest BCUT2D eigenvalue weighted by atomic mass is 10.3. The summed E-state index contributed by atoms with van der Waals surface area (Å²) >= 11 is 17.8. The highest BCUT2D eigenvalue weighted by molar-refractivity contribution is 7.92. The molecule has 2 rings (SSSR count). The molecule has 0 atom stereocenters. The minimum atomic E-state index is -3.78. The van der Waals surface area contributed by atoms with Crippen molar-refractivity contribution in [3.05, 3.63) is 51.5 Å². The van der Waals surface area contributed by atoms with Crippen molar-refractivity contribution in [1.82, 2.24) is 0 Å². The fourth-order valence-electron chi connectivity index (χ4n) is 1.79. The number of hydrogen-bond donors (Lipinski definition) is 0. The second-order valence-electron chi connectivity index (χ2n) is 4.37. The first-order valence-corrected chi connectivity index (χ1v) is 8.62. The number of rotatable bonds is 4. The van der Waals surface area contributed by atoms with Crippen LogP contribution in [-0.4, -0.2) is 22.6 Å². The average molecular weight is 381 g/mol. The van der Waals surface area contributed by atoms with Crippen molar-refractivity contribution < 1.29 is 13.2 Å². The van der Waals surface area contributed by atoms with Crippen LogP contribution in [0.2, 0.25) is 15.1 Å². The van der Waals surface area contributed by atoms with Gasteiger partial charge in [-0.05, 0) is 36.4 Å². The Morgan fingerprint density at radius 1 is 0.955 bits per heavy atom. The molecule has 0 radical (unpaired) electrons. The van der Waals surface area contributed by atoms with Crippen LogP contribution in [0, 0.1) is 0 Å². The van der Waals surface area contributed by atoms with Crippen LogP contribution in [0.5, 0.6) is 5.75 Å². The maximum Gasteiger partial charge on any atom is 0.264 e. The van der Waals surface area contributed by atoms with Crippen molar-refractivity contribution >= 4 is 50.5 Å². The van der Waals surface area contributed by atoms with E-state index in [0.29, 0.717) is 16.5 Å². The number of nitrogens with zero attached hydrogens (tertiary/aromatic N) is 1. The van der Waals surface area contributed by atoms with Gasteiger partial charge < -0.3 is 4.74 Å². The van der Waals surface area contributed by atoms with E-state index in [1.165, 1.54) is 44.5 Å². The van der Waals surface area contributed by atoms with Gasteiger partial charge in [0.25, 0.3) is 10.0 Å². The highest BCUT2D eigenvalue weighted by atomic mass is 35.5. The third kappa shape index (κ3) is 3.27. The summed E-state index contributed by atoms with van der Waals surface area (Å²) < 4.78 is 31.4. The molecular weight excluding hydrogens is 369 g/mol. The Kier molecular flexibility index (Phi) is 5.12. The van der Waals surface area contributed by atoms with Crippen molar-refractivity contribution in [2.24, 2.45) is 0 Å². The Morgan fingerprint density at radius 3 is 2.18 bits per heavy atom. The summed E-state index contributed by atoms with van der Waals surface area (Å²) in [5.74, 6) is 0.401. The lowest BCUT2D eigenvalue weighted by molar-refractivity contribution is 0.414. The molecule has 0 amide bonds. The summed E-state index contributed by atoms with van der Waals surface area (Å²) in [6.07, 6.45) is 0. The minimum absolute atomic E-state index is 0.0480. The topological polar surface area (TPSA) is 46.6 Å². The summed E-state index contributed by atoms with van der Waals surface area (Å²) in [6.45, 7) is 0. The molecule has 0 aliphatic rings. The van der Waals surface area contributed by atoms with E-state index in [0.717, 1.165) is 4.31 Å². The molecule has 0 heterocycles. The Balaban J connectivity index is 2.44. The van der Waals surface area contributed by atoms with Gasteiger partial charge in [-0.25, -0.2) is 8.42 Å². The van der Waals surface area contributed by atoms with Crippen LogP contribution in [0.1, 0.15) is 0 Å². The number of anilines is 1. The molecular formula is C14H12Cl3NO3S. The van der Waals surface area contributed by atoms with E-state index in [2.05, 4.69) is 0 Å². The Morgan fingerprint density at radius 2 is 1.64 bits per heavy atom. The highest BCUT2D eigenvalue weighted by Crippen LogP contribution is 2.32. The Hall–Kier alpha value is -1.14. The summed E-state index contributed by atoms with van der Waals surface area (Å²) in [5.41, 5.74) is 0.390. The number of ether oxygens (including phenoxy) is 1. The molecule has 0 aromatic heterocycles. The maximum atomic E-state index is 12.6. The van der Waals surface area contributed by atoms with Gasteiger partial charge in [-0.1, -0.05) is 34.8 Å². The zero-order chi connectivity index (χ0) is 16.5. The molecule has 0 N–H and O–H groups in total. The van der Waals surface area contributed by atoms with Crippen LogP contribution in [0.25, 0.3) is 0 Å². The predicted molar refractivity (Wildman–Crippen MR) is 90.1 cm³/mol. The van der Waals surface area contributed by atoms with Gasteiger partial charge in [0.05, 0.1) is 32.8 Å². The van der Waals surface area contributed by atoms with Crippen LogP contribution in [0.3, 0.4) is 0 Å². The normalized spacial score (nSPS) is 11.3. The first-order chi connectivity index (χ1) is 10.3. The van der Waals surface area contributed by atoms with Gasteiger partial charge in [-0.2, -0.15) is 0 Å². The Labute approximate surface area is 144 Å². The molecule has 0 bridgehead atoms. The number of methoxy groups -OCH3 is 1. The van der Waals surface area contributed by atoms with Gasteiger partial charge in [0.1, 0.15) is 5.75 Å². The first kappa shape index (κ1) is 17.2. The summed E-state index contributed by atoms with van der Waals surface area (Å²) in [4.78, 5) is 0.0480. The van der Waals surface area contributed by atoms with Crippen LogP contribution in [0.15, 0.2) is 41.3 Å². The van der Waals surface area contributed by atoms with Gasteiger partial charge in [-0.15, -0.1) is 0 Å². The molecule has 0 saturated heterocycles. The number of sulfonamides is 1. The average Bonchev–Trinajstić information content (AvgIpc) is 2.49. The van der Waals surface area contributed by atoms with Crippen molar-refractivity contribution in [3.63, 3.8) is 0 Å². The fraction of sp³-hybridized carbons (Fsp3) is 0.143. The number of halogens is 3. The van der Waals surface area contributed by atoms with Gasteiger partial charge in [-0.3, -0.25) is 4.31 Å². The predicted octanol–water partition coefficient (Wildman–Crippen LogP) is 4.48. The van der Waals surface area contributed by atoms with Crippen molar-refractivity contribution in [2.45, 2.75) is 4.90 Å². The molecule has 0 spiro atoms. The van der Waals surface area contributed by atoms with Crippen molar-refractivity contribution in [3.8, 4) is 5.75 Å². The monoisotopic (exact) mass is 379 g/mol. The minimum Gasteiger partial charge on any atom is -0.495 e. The Bertz CT molecular complexity index is 809. The first-order valence-electron chi connectivity index (χ1n) is 6.05. The molecule has 2 aromatic carbocycles. The van der Waals surface area contributed by atoms with Gasteiger partial charge in [0.2, 0.25) is 0 Å². The van der Waals surface area contributed by atoms with Crippen LogP contribution in [0.4, 0.5) is 5.69 Å². The summed E-state index contributed by atoms with van der Waals surface area (Å²) in [6, 6.07) is 8.84. The van der Waals surface area contributed by atoms with Crippen molar-refractivity contribution in [2.75, 3.05) is 18.5 Å².